The van der Waals surface area contributed by atoms with Gasteiger partial charge in [0.15, 0.2) is 0 Å². The topological polar surface area (TPSA) is 55.2 Å². The summed E-state index contributed by atoms with van der Waals surface area (Å²) in [5.74, 6) is 1.03. The highest BCUT2D eigenvalue weighted by molar-refractivity contribution is 9.10. The molecule has 0 aliphatic heterocycles. The van der Waals surface area contributed by atoms with E-state index < -0.39 is 0 Å². The Morgan fingerprint density at radius 1 is 1.20 bits per heavy atom. The molecule has 130 valence electrons. The Labute approximate surface area is 155 Å². The average Bonchev–Trinajstić information content (AvgIpc) is 3.01. The lowest BCUT2D eigenvalue weighted by atomic mass is 10.1. The standard InChI is InChI=1S/C20H20BrNO3/c1-14(18-12-19(24-3)15(2)20(23)25-18)9-7-5-4-6-8-10-17-11-16(21)13-22-17/h4-13,22H,1-3H3/b6-4+,7-5+,10-8+,14-9+. The fourth-order valence-electron chi connectivity index (χ4n) is 2.05. The van der Waals surface area contributed by atoms with Gasteiger partial charge in [-0.2, -0.15) is 0 Å². The minimum Gasteiger partial charge on any atom is -0.496 e. The Hall–Kier alpha value is -2.53. The monoisotopic (exact) mass is 401 g/mol. The summed E-state index contributed by atoms with van der Waals surface area (Å²) >= 11 is 3.39. The molecule has 2 heterocycles. The summed E-state index contributed by atoms with van der Waals surface area (Å²) in [6.45, 7) is 3.56. The van der Waals surface area contributed by atoms with E-state index in [0.717, 1.165) is 15.7 Å². The molecule has 2 rings (SSSR count). The third-order valence-electron chi connectivity index (χ3n) is 3.49. The molecule has 5 heteroatoms. The Morgan fingerprint density at radius 3 is 2.60 bits per heavy atom. The van der Waals surface area contributed by atoms with Crippen LogP contribution in [0.1, 0.15) is 23.9 Å². The number of methoxy groups -OCH3 is 1. The number of hydrogen-bond donors (Lipinski definition) is 1. The van der Waals surface area contributed by atoms with Gasteiger partial charge >= 0.3 is 5.63 Å². The Balaban J connectivity index is 1.99. The second kappa shape index (κ2) is 9.08. The largest absolute Gasteiger partial charge is 0.496 e. The van der Waals surface area contributed by atoms with Gasteiger partial charge in [0.05, 0.1) is 12.7 Å². The maximum atomic E-state index is 11.8. The number of nitrogens with one attached hydrogen (secondary N) is 1. The lowest BCUT2D eigenvalue weighted by Crippen LogP contribution is -2.06. The normalized spacial score (nSPS) is 12.7. The van der Waals surface area contributed by atoms with Crippen molar-refractivity contribution in [3.63, 3.8) is 0 Å². The summed E-state index contributed by atoms with van der Waals surface area (Å²) in [7, 11) is 1.54. The summed E-state index contributed by atoms with van der Waals surface area (Å²) in [5.41, 5.74) is 1.96. The Morgan fingerprint density at radius 2 is 1.92 bits per heavy atom. The molecule has 25 heavy (non-hydrogen) atoms. The van der Waals surface area contributed by atoms with Gasteiger partial charge in [-0.1, -0.05) is 36.5 Å². The lowest BCUT2D eigenvalue weighted by Gasteiger charge is -2.05. The van der Waals surface area contributed by atoms with Crippen LogP contribution in [-0.2, 0) is 0 Å². The smallest absolute Gasteiger partial charge is 0.342 e. The van der Waals surface area contributed by atoms with Gasteiger partial charge in [0.25, 0.3) is 0 Å². The van der Waals surface area contributed by atoms with Crippen molar-refractivity contribution in [3.8, 4) is 5.75 Å². The van der Waals surface area contributed by atoms with Gasteiger partial charge in [-0.3, -0.25) is 0 Å². The van der Waals surface area contributed by atoms with E-state index in [9.17, 15) is 4.79 Å². The van der Waals surface area contributed by atoms with Crippen LogP contribution in [0.5, 0.6) is 5.75 Å². The van der Waals surface area contributed by atoms with Gasteiger partial charge in [-0.15, -0.1) is 0 Å². The molecule has 0 aliphatic rings. The molecular formula is C20H20BrNO3. The van der Waals surface area contributed by atoms with Gasteiger partial charge in [0, 0.05) is 22.4 Å². The van der Waals surface area contributed by atoms with E-state index in [2.05, 4.69) is 20.9 Å². The van der Waals surface area contributed by atoms with Gasteiger partial charge in [0.2, 0.25) is 0 Å². The van der Waals surface area contributed by atoms with Crippen LogP contribution >= 0.6 is 15.9 Å². The molecule has 1 N–H and O–H groups in total. The van der Waals surface area contributed by atoms with E-state index in [-0.39, 0.29) is 5.63 Å². The number of aromatic amines is 1. The van der Waals surface area contributed by atoms with Crippen molar-refractivity contribution in [1.82, 2.24) is 4.98 Å². The highest BCUT2D eigenvalue weighted by Crippen LogP contribution is 2.20. The van der Waals surface area contributed by atoms with E-state index in [1.807, 2.05) is 61.7 Å². The molecule has 2 aromatic heterocycles. The molecule has 0 bridgehead atoms. The summed E-state index contributed by atoms with van der Waals surface area (Å²) in [6, 6.07) is 3.72. The SMILES string of the molecule is COc1cc(/C(C)=C/C=C/C=C/C=C/c2cc(Br)c[nH]2)oc(=O)c1C. The van der Waals surface area contributed by atoms with Crippen molar-refractivity contribution >= 4 is 27.6 Å². The molecule has 0 unspecified atom stereocenters. The number of allylic oxidation sites excluding steroid dienone is 7. The second-order valence-electron chi connectivity index (χ2n) is 5.34. The summed E-state index contributed by atoms with van der Waals surface area (Å²) in [6.07, 6.45) is 15.3. The molecule has 0 radical (unpaired) electrons. The van der Waals surface area contributed by atoms with E-state index in [1.54, 1.807) is 13.0 Å². The van der Waals surface area contributed by atoms with Crippen molar-refractivity contribution in [2.75, 3.05) is 7.11 Å². The number of rotatable bonds is 6. The summed E-state index contributed by atoms with van der Waals surface area (Å²) < 4.78 is 11.5. The third kappa shape index (κ3) is 5.50. The average molecular weight is 402 g/mol. The molecule has 0 aromatic carbocycles. The van der Waals surface area contributed by atoms with Crippen LogP contribution in [0.4, 0.5) is 0 Å². The molecule has 0 spiro atoms. The van der Waals surface area contributed by atoms with Crippen LogP contribution in [0.15, 0.2) is 68.5 Å². The van der Waals surface area contributed by atoms with Crippen molar-refractivity contribution < 1.29 is 9.15 Å². The number of H-pyrrole nitrogens is 1. The van der Waals surface area contributed by atoms with E-state index in [4.69, 9.17) is 9.15 Å². The quantitative estimate of drug-likeness (QED) is 0.670. The summed E-state index contributed by atoms with van der Waals surface area (Å²) in [4.78, 5) is 14.9. The zero-order valence-corrected chi connectivity index (χ0v) is 16.0. The predicted octanol–water partition coefficient (Wildman–Crippen LogP) is 5.28. The molecule has 2 aromatic rings. The van der Waals surface area contributed by atoms with E-state index >= 15 is 0 Å². The fraction of sp³-hybridized carbons (Fsp3) is 0.150. The highest BCUT2D eigenvalue weighted by atomic mass is 79.9. The number of halogens is 1. The fourth-order valence-corrected chi connectivity index (χ4v) is 2.42. The maximum absolute atomic E-state index is 11.8. The van der Waals surface area contributed by atoms with Crippen LogP contribution < -0.4 is 10.4 Å². The molecule has 0 saturated carbocycles. The first-order valence-electron chi connectivity index (χ1n) is 7.72. The molecule has 0 saturated heterocycles. The molecule has 0 fully saturated rings. The zero-order valence-electron chi connectivity index (χ0n) is 14.4. The van der Waals surface area contributed by atoms with Crippen molar-refractivity contribution in [1.29, 1.82) is 0 Å². The minimum atomic E-state index is -0.382. The molecular weight excluding hydrogens is 382 g/mol. The Kier molecular flexibility index (Phi) is 6.83. The van der Waals surface area contributed by atoms with Gasteiger partial charge in [-0.05, 0) is 47.5 Å². The second-order valence-corrected chi connectivity index (χ2v) is 6.26. The third-order valence-corrected chi connectivity index (χ3v) is 3.94. The minimum absolute atomic E-state index is 0.382. The van der Waals surface area contributed by atoms with Crippen molar-refractivity contribution in [2.24, 2.45) is 0 Å². The lowest BCUT2D eigenvalue weighted by molar-refractivity contribution is 0.395. The zero-order chi connectivity index (χ0) is 18.2. The molecule has 0 amide bonds. The predicted molar refractivity (Wildman–Crippen MR) is 106 cm³/mol. The molecule has 0 atom stereocenters. The maximum Gasteiger partial charge on any atom is 0.342 e. The summed E-state index contributed by atoms with van der Waals surface area (Å²) in [5, 5.41) is 0. The number of hydrogen-bond acceptors (Lipinski definition) is 3. The first kappa shape index (κ1) is 18.8. The van der Waals surface area contributed by atoms with E-state index in [1.165, 1.54) is 7.11 Å². The van der Waals surface area contributed by atoms with Crippen LogP contribution in [0.25, 0.3) is 11.6 Å². The van der Waals surface area contributed by atoms with Crippen molar-refractivity contribution in [2.45, 2.75) is 13.8 Å². The molecule has 4 nitrogen and oxygen atoms in total. The van der Waals surface area contributed by atoms with Gasteiger partial charge < -0.3 is 14.1 Å². The first-order valence-corrected chi connectivity index (χ1v) is 8.52. The van der Waals surface area contributed by atoms with Crippen molar-refractivity contribution in [3.05, 3.63) is 86.7 Å². The highest BCUT2D eigenvalue weighted by Gasteiger charge is 2.08. The van der Waals surface area contributed by atoms with Crippen LogP contribution in [-0.4, -0.2) is 12.1 Å². The molecule has 0 aliphatic carbocycles. The number of aromatic nitrogens is 1. The van der Waals surface area contributed by atoms with Gasteiger partial charge in [0.1, 0.15) is 11.5 Å². The van der Waals surface area contributed by atoms with Crippen LogP contribution in [0.3, 0.4) is 0 Å². The van der Waals surface area contributed by atoms with Crippen LogP contribution in [0.2, 0.25) is 0 Å². The van der Waals surface area contributed by atoms with E-state index in [0.29, 0.717) is 17.1 Å². The van der Waals surface area contributed by atoms with Crippen LogP contribution in [0, 0.1) is 6.92 Å². The Bertz CT molecular complexity index is 898. The first-order chi connectivity index (χ1) is 12.0. The van der Waals surface area contributed by atoms with Gasteiger partial charge in [-0.25, -0.2) is 4.79 Å². The number of ether oxygens (including phenoxy) is 1.